The van der Waals surface area contributed by atoms with Crippen LogP contribution in [-0.4, -0.2) is 21.8 Å². The molecule has 1 aliphatic rings. The van der Waals surface area contributed by atoms with Crippen molar-refractivity contribution in [3.05, 3.63) is 100 Å². The predicted octanol–water partition coefficient (Wildman–Crippen LogP) is 4.63. The number of nitrogens with zero attached hydrogens (tertiary/aromatic N) is 2. The molecule has 1 aromatic heterocycles. The van der Waals surface area contributed by atoms with Gasteiger partial charge in [-0.3, -0.25) is 19.5 Å². The first kappa shape index (κ1) is 19.6. The maximum absolute atomic E-state index is 13.2. The molecule has 2 heterocycles. The van der Waals surface area contributed by atoms with Crippen LogP contribution in [0.5, 0.6) is 0 Å². The lowest BCUT2D eigenvalue weighted by Crippen LogP contribution is -2.30. The van der Waals surface area contributed by atoms with Crippen LogP contribution in [0.2, 0.25) is 0 Å². The van der Waals surface area contributed by atoms with Gasteiger partial charge in [-0.2, -0.15) is 0 Å². The fourth-order valence-electron chi connectivity index (χ4n) is 3.81. The van der Waals surface area contributed by atoms with Crippen molar-refractivity contribution >= 4 is 23.1 Å². The zero-order valence-corrected chi connectivity index (χ0v) is 17.1. The summed E-state index contributed by atoms with van der Waals surface area (Å²) in [4.78, 5) is 31.8. The second kappa shape index (κ2) is 7.59. The maximum Gasteiger partial charge on any atom is 0.300 e. The number of aliphatic hydroxyl groups excluding tert-OH is 1. The smallest absolute Gasteiger partial charge is 0.300 e. The molecule has 5 heteroatoms. The van der Waals surface area contributed by atoms with Gasteiger partial charge in [0, 0.05) is 23.6 Å². The van der Waals surface area contributed by atoms with Crippen molar-refractivity contribution in [1.29, 1.82) is 0 Å². The molecule has 0 radical (unpaired) electrons. The summed E-state index contributed by atoms with van der Waals surface area (Å²) in [7, 11) is 0. The molecule has 1 aliphatic heterocycles. The van der Waals surface area contributed by atoms with E-state index < -0.39 is 17.7 Å². The van der Waals surface area contributed by atoms with Gasteiger partial charge >= 0.3 is 0 Å². The maximum atomic E-state index is 13.2. The van der Waals surface area contributed by atoms with E-state index in [1.807, 2.05) is 51.1 Å². The summed E-state index contributed by atoms with van der Waals surface area (Å²) in [5, 5.41) is 11.1. The summed E-state index contributed by atoms with van der Waals surface area (Å²) in [5.41, 5.74) is 4.90. The number of hydrogen-bond acceptors (Lipinski definition) is 4. The van der Waals surface area contributed by atoms with Gasteiger partial charge in [0.05, 0.1) is 11.6 Å². The van der Waals surface area contributed by atoms with Gasteiger partial charge in [-0.05, 0) is 55.7 Å². The molecular weight excluding hydrogens is 376 g/mol. The van der Waals surface area contributed by atoms with Gasteiger partial charge in [0.25, 0.3) is 11.7 Å². The highest BCUT2D eigenvalue weighted by atomic mass is 16.3. The van der Waals surface area contributed by atoms with Gasteiger partial charge in [0.15, 0.2) is 0 Å². The van der Waals surface area contributed by atoms with Gasteiger partial charge in [-0.1, -0.05) is 42.0 Å². The molecule has 0 saturated carbocycles. The predicted molar refractivity (Wildman–Crippen MR) is 116 cm³/mol. The topological polar surface area (TPSA) is 70.5 Å². The number of benzene rings is 2. The molecule has 0 bridgehead atoms. The zero-order chi connectivity index (χ0) is 21.4. The highest BCUT2D eigenvalue weighted by Gasteiger charge is 2.47. The van der Waals surface area contributed by atoms with Crippen molar-refractivity contribution in [1.82, 2.24) is 4.98 Å². The Bertz CT molecular complexity index is 1160. The van der Waals surface area contributed by atoms with E-state index in [0.29, 0.717) is 16.8 Å². The van der Waals surface area contributed by atoms with Crippen molar-refractivity contribution in [3.8, 4) is 0 Å². The summed E-state index contributed by atoms with van der Waals surface area (Å²) in [6.45, 7) is 5.83. The fourth-order valence-corrected chi connectivity index (χ4v) is 3.81. The van der Waals surface area contributed by atoms with E-state index in [4.69, 9.17) is 0 Å². The lowest BCUT2D eigenvalue weighted by Gasteiger charge is -2.27. The largest absolute Gasteiger partial charge is 0.507 e. The van der Waals surface area contributed by atoms with E-state index in [0.717, 1.165) is 16.7 Å². The van der Waals surface area contributed by atoms with Crippen molar-refractivity contribution in [3.63, 3.8) is 0 Å². The minimum atomic E-state index is -0.741. The van der Waals surface area contributed by atoms with Crippen molar-refractivity contribution in [2.45, 2.75) is 26.8 Å². The number of pyridine rings is 1. The minimum absolute atomic E-state index is 0.0796. The van der Waals surface area contributed by atoms with Crippen LogP contribution in [0.3, 0.4) is 0 Å². The molecule has 150 valence electrons. The quantitative estimate of drug-likeness (QED) is 0.397. The van der Waals surface area contributed by atoms with Crippen LogP contribution in [0.15, 0.2) is 72.6 Å². The molecule has 30 heavy (non-hydrogen) atoms. The highest BCUT2D eigenvalue weighted by Crippen LogP contribution is 2.43. The normalized spacial score (nSPS) is 18.1. The average Bonchev–Trinajstić information content (AvgIpc) is 3.01. The number of Topliss-reactive ketones (excluding diaryl/α,β-unsaturated/α-hetero) is 1. The van der Waals surface area contributed by atoms with E-state index in [-0.39, 0.29) is 11.3 Å². The number of amides is 1. The van der Waals surface area contributed by atoms with Gasteiger partial charge in [-0.15, -0.1) is 0 Å². The summed E-state index contributed by atoms with van der Waals surface area (Å²) in [6, 6.07) is 15.6. The Morgan fingerprint density at radius 3 is 2.27 bits per heavy atom. The second-order valence-corrected chi connectivity index (χ2v) is 7.53. The molecular formula is C25H22N2O3. The third kappa shape index (κ3) is 3.18. The number of rotatable bonds is 3. The SMILES string of the molecule is Cc1ccc(/C(O)=C2\C(=O)C(=O)N(c3cccc(C)c3C)C2c2ccncc2)cc1. The Hall–Kier alpha value is -3.73. The summed E-state index contributed by atoms with van der Waals surface area (Å²) in [5.74, 6) is -1.53. The van der Waals surface area contributed by atoms with E-state index in [1.54, 1.807) is 36.7 Å². The van der Waals surface area contributed by atoms with Crippen LogP contribution in [0, 0.1) is 20.8 Å². The lowest BCUT2D eigenvalue weighted by molar-refractivity contribution is -0.132. The molecule has 0 aliphatic carbocycles. The molecule has 1 amide bonds. The summed E-state index contributed by atoms with van der Waals surface area (Å²) in [6.07, 6.45) is 3.23. The number of hydrogen-bond donors (Lipinski definition) is 1. The summed E-state index contributed by atoms with van der Waals surface area (Å²) < 4.78 is 0. The van der Waals surface area contributed by atoms with E-state index in [1.165, 1.54) is 4.90 Å². The molecule has 3 aromatic rings. The third-order valence-electron chi connectivity index (χ3n) is 5.63. The average molecular weight is 398 g/mol. The number of carbonyl (C=O) groups is 2. The second-order valence-electron chi connectivity index (χ2n) is 7.53. The molecule has 0 spiro atoms. The molecule has 2 aromatic carbocycles. The molecule has 4 rings (SSSR count). The molecule has 1 fully saturated rings. The Balaban J connectivity index is 1.97. The van der Waals surface area contributed by atoms with Crippen LogP contribution in [0.25, 0.3) is 5.76 Å². The van der Waals surface area contributed by atoms with E-state index >= 15 is 0 Å². The van der Waals surface area contributed by atoms with Gasteiger partial charge in [0.2, 0.25) is 0 Å². The van der Waals surface area contributed by atoms with Gasteiger partial charge in [-0.25, -0.2) is 0 Å². The number of aliphatic hydroxyl groups is 1. The standard InChI is InChI=1S/C25H22N2O3/c1-15-7-9-19(10-8-15)23(28)21-22(18-11-13-26-14-12-18)27(25(30)24(21)29)20-6-4-5-16(2)17(20)3/h4-14,22,28H,1-3H3/b23-21+. The van der Waals surface area contributed by atoms with E-state index in [9.17, 15) is 14.7 Å². The Kier molecular flexibility index (Phi) is 4.96. The molecule has 1 saturated heterocycles. The van der Waals surface area contributed by atoms with Crippen molar-refractivity contribution < 1.29 is 14.7 Å². The Morgan fingerprint density at radius 1 is 0.933 bits per heavy atom. The molecule has 1 atom stereocenters. The molecule has 1 N–H and O–H groups in total. The number of carbonyl (C=O) groups excluding carboxylic acids is 2. The van der Waals surface area contributed by atoms with Crippen LogP contribution in [0.1, 0.15) is 33.9 Å². The fraction of sp³-hybridized carbons (Fsp3) is 0.160. The monoisotopic (exact) mass is 398 g/mol. The lowest BCUT2D eigenvalue weighted by atomic mass is 9.95. The van der Waals surface area contributed by atoms with Crippen molar-refractivity contribution in [2.24, 2.45) is 0 Å². The van der Waals surface area contributed by atoms with Crippen LogP contribution in [0.4, 0.5) is 5.69 Å². The first-order valence-electron chi connectivity index (χ1n) is 9.74. The van der Waals surface area contributed by atoms with Crippen molar-refractivity contribution in [2.75, 3.05) is 4.90 Å². The number of aromatic nitrogens is 1. The van der Waals surface area contributed by atoms with Crippen LogP contribution < -0.4 is 4.90 Å². The summed E-state index contributed by atoms with van der Waals surface area (Å²) >= 11 is 0. The first-order valence-corrected chi connectivity index (χ1v) is 9.74. The number of ketones is 1. The molecule has 1 unspecified atom stereocenters. The third-order valence-corrected chi connectivity index (χ3v) is 5.63. The van der Waals surface area contributed by atoms with Crippen LogP contribution >= 0.6 is 0 Å². The Labute approximate surface area is 175 Å². The minimum Gasteiger partial charge on any atom is -0.507 e. The first-order chi connectivity index (χ1) is 14.4. The Morgan fingerprint density at radius 2 is 1.60 bits per heavy atom. The zero-order valence-electron chi connectivity index (χ0n) is 17.1. The number of anilines is 1. The van der Waals surface area contributed by atoms with Gasteiger partial charge < -0.3 is 5.11 Å². The number of aryl methyl sites for hydroxylation is 2. The van der Waals surface area contributed by atoms with Crippen LogP contribution in [-0.2, 0) is 9.59 Å². The van der Waals surface area contributed by atoms with E-state index in [2.05, 4.69) is 4.98 Å². The molecule has 5 nitrogen and oxygen atoms in total. The highest BCUT2D eigenvalue weighted by molar-refractivity contribution is 6.51. The van der Waals surface area contributed by atoms with Gasteiger partial charge in [0.1, 0.15) is 5.76 Å².